The summed E-state index contributed by atoms with van der Waals surface area (Å²) in [6, 6.07) is 8.03. The zero-order chi connectivity index (χ0) is 14.4. The van der Waals surface area contributed by atoms with Crippen molar-refractivity contribution < 1.29 is 14.3 Å². The van der Waals surface area contributed by atoms with Crippen molar-refractivity contribution in [3.8, 4) is 5.75 Å². The molecule has 4 nitrogen and oxygen atoms in total. The number of nitrogens with zero attached hydrogens (tertiary/aromatic N) is 1. The van der Waals surface area contributed by atoms with Gasteiger partial charge < -0.3 is 14.4 Å². The lowest BCUT2D eigenvalue weighted by Crippen LogP contribution is -2.30. The van der Waals surface area contributed by atoms with Crippen molar-refractivity contribution in [2.75, 3.05) is 26.8 Å². The minimum absolute atomic E-state index is 0.148. The second-order valence-electron chi connectivity index (χ2n) is 5.08. The van der Waals surface area contributed by atoms with Gasteiger partial charge in [0.2, 0.25) is 5.91 Å². The molecule has 1 aliphatic rings. The third kappa shape index (κ3) is 3.97. The van der Waals surface area contributed by atoms with E-state index in [9.17, 15) is 4.79 Å². The number of ether oxygens (including phenoxy) is 2. The highest BCUT2D eigenvalue weighted by molar-refractivity contribution is 5.76. The highest BCUT2D eigenvalue weighted by Gasteiger charge is 2.25. The summed E-state index contributed by atoms with van der Waals surface area (Å²) in [5.74, 6) is 0.973. The molecule has 0 N–H and O–H groups in total. The molecule has 110 valence electrons. The van der Waals surface area contributed by atoms with Crippen LogP contribution < -0.4 is 4.74 Å². The minimum atomic E-state index is 0.148. The second-order valence-corrected chi connectivity index (χ2v) is 5.08. The van der Waals surface area contributed by atoms with Crippen LogP contribution in [0.1, 0.15) is 25.3 Å². The fraction of sp³-hybridized carbons (Fsp3) is 0.562. The second kappa shape index (κ2) is 7.29. The van der Waals surface area contributed by atoms with Gasteiger partial charge in [-0.1, -0.05) is 19.1 Å². The minimum Gasteiger partial charge on any atom is -0.493 e. The molecule has 1 fully saturated rings. The Morgan fingerprint density at radius 2 is 2.10 bits per heavy atom. The van der Waals surface area contributed by atoms with E-state index in [1.165, 1.54) is 5.56 Å². The van der Waals surface area contributed by atoms with Crippen molar-refractivity contribution in [2.45, 2.75) is 32.3 Å². The Labute approximate surface area is 120 Å². The zero-order valence-electron chi connectivity index (χ0n) is 12.3. The average molecular weight is 277 g/mol. The number of benzene rings is 1. The van der Waals surface area contributed by atoms with Crippen LogP contribution in [0, 0.1) is 0 Å². The Hall–Kier alpha value is -1.55. The van der Waals surface area contributed by atoms with Gasteiger partial charge in [-0.2, -0.15) is 0 Å². The summed E-state index contributed by atoms with van der Waals surface area (Å²) in [6.45, 7) is 4.05. The lowest BCUT2D eigenvalue weighted by atomic mass is 10.2. The molecule has 1 amide bonds. The van der Waals surface area contributed by atoms with Crippen molar-refractivity contribution in [3.63, 3.8) is 0 Å². The third-order valence-corrected chi connectivity index (χ3v) is 3.75. The first kappa shape index (κ1) is 14.9. The molecule has 1 unspecified atom stereocenters. The molecule has 1 aliphatic heterocycles. The number of hydrogen-bond acceptors (Lipinski definition) is 3. The number of amides is 1. The molecule has 0 radical (unpaired) electrons. The summed E-state index contributed by atoms with van der Waals surface area (Å²) >= 11 is 0. The van der Waals surface area contributed by atoms with Crippen LogP contribution in [0.15, 0.2) is 24.3 Å². The van der Waals surface area contributed by atoms with Crippen LogP contribution in [0.25, 0.3) is 0 Å². The van der Waals surface area contributed by atoms with Crippen LogP contribution in [0.3, 0.4) is 0 Å². The van der Waals surface area contributed by atoms with E-state index in [1.54, 1.807) is 7.11 Å². The first-order valence-electron chi connectivity index (χ1n) is 7.25. The molecule has 2 rings (SSSR count). The van der Waals surface area contributed by atoms with Gasteiger partial charge in [-0.3, -0.25) is 4.79 Å². The smallest absolute Gasteiger partial charge is 0.226 e. The molecule has 4 heteroatoms. The summed E-state index contributed by atoms with van der Waals surface area (Å²) in [5.41, 5.74) is 1.29. The first-order valence-corrected chi connectivity index (χ1v) is 7.25. The lowest BCUT2D eigenvalue weighted by molar-refractivity contribution is -0.131. The Kier molecular flexibility index (Phi) is 5.41. The number of rotatable bonds is 6. The Morgan fingerprint density at radius 3 is 2.70 bits per heavy atom. The van der Waals surface area contributed by atoms with Gasteiger partial charge in [0.05, 0.1) is 19.1 Å². The Balaban J connectivity index is 1.71. The number of carbonyl (C=O) groups excluding carboxylic acids is 1. The van der Waals surface area contributed by atoms with E-state index in [0.717, 1.165) is 25.1 Å². The molecule has 0 aromatic heterocycles. The van der Waals surface area contributed by atoms with Crippen LogP contribution >= 0.6 is 0 Å². The van der Waals surface area contributed by atoms with Crippen molar-refractivity contribution >= 4 is 5.91 Å². The summed E-state index contributed by atoms with van der Waals surface area (Å²) in [7, 11) is 1.70. The first-order chi connectivity index (χ1) is 9.72. The predicted molar refractivity (Wildman–Crippen MR) is 77.9 cm³/mol. The zero-order valence-corrected chi connectivity index (χ0v) is 12.3. The molecule has 0 bridgehead atoms. The number of hydrogen-bond donors (Lipinski definition) is 0. The van der Waals surface area contributed by atoms with Crippen LogP contribution in [0.5, 0.6) is 5.75 Å². The highest BCUT2D eigenvalue weighted by Crippen LogP contribution is 2.15. The largest absolute Gasteiger partial charge is 0.493 e. The topological polar surface area (TPSA) is 38.8 Å². The van der Waals surface area contributed by atoms with E-state index in [0.29, 0.717) is 19.6 Å². The Bertz CT molecular complexity index is 430. The SMILES string of the molecule is CCc1ccc(OCCC(=O)N2CCC(OC)C2)cc1. The quantitative estimate of drug-likeness (QED) is 0.800. The summed E-state index contributed by atoms with van der Waals surface area (Å²) < 4.78 is 10.9. The molecule has 1 aromatic carbocycles. The maximum atomic E-state index is 12.0. The fourth-order valence-electron chi connectivity index (χ4n) is 2.38. The normalized spacial score (nSPS) is 18.3. The van der Waals surface area contributed by atoms with Gasteiger partial charge in [-0.05, 0) is 30.5 Å². The summed E-state index contributed by atoms with van der Waals surface area (Å²) in [4.78, 5) is 13.8. The molecule has 0 spiro atoms. The molecule has 1 heterocycles. The molecule has 0 aliphatic carbocycles. The van der Waals surface area contributed by atoms with Crippen molar-refractivity contribution in [3.05, 3.63) is 29.8 Å². The van der Waals surface area contributed by atoms with Gasteiger partial charge >= 0.3 is 0 Å². The third-order valence-electron chi connectivity index (χ3n) is 3.75. The summed E-state index contributed by atoms with van der Waals surface area (Å²) in [5, 5.41) is 0. The van der Waals surface area contributed by atoms with Gasteiger partial charge in [0.1, 0.15) is 5.75 Å². The number of likely N-dealkylation sites (tertiary alicyclic amines) is 1. The van der Waals surface area contributed by atoms with Crippen LogP contribution in [0.4, 0.5) is 0 Å². The van der Waals surface area contributed by atoms with E-state index >= 15 is 0 Å². The number of carbonyl (C=O) groups is 1. The van der Waals surface area contributed by atoms with E-state index in [2.05, 4.69) is 19.1 Å². The van der Waals surface area contributed by atoms with Crippen LogP contribution in [-0.2, 0) is 16.0 Å². The van der Waals surface area contributed by atoms with Gasteiger partial charge in [0.15, 0.2) is 0 Å². The maximum Gasteiger partial charge on any atom is 0.226 e. The number of aryl methyl sites for hydroxylation is 1. The fourth-order valence-corrected chi connectivity index (χ4v) is 2.38. The monoisotopic (exact) mass is 277 g/mol. The van der Waals surface area contributed by atoms with Gasteiger partial charge in [-0.25, -0.2) is 0 Å². The van der Waals surface area contributed by atoms with Crippen molar-refractivity contribution in [2.24, 2.45) is 0 Å². The van der Waals surface area contributed by atoms with E-state index < -0.39 is 0 Å². The average Bonchev–Trinajstić information content (AvgIpc) is 2.97. The molecule has 1 aromatic rings. The molecular formula is C16H23NO3. The van der Waals surface area contributed by atoms with E-state index in [1.807, 2.05) is 17.0 Å². The lowest BCUT2D eigenvalue weighted by Gasteiger charge is -2.16. The van der Waals surface area contributed by atoms with Crippen molar-refractivity contribution in [1.29, 1.82) is 0 Å². The van der Waals surface area contributed by atoms with Gasteiger partial charge in [0, 0.05) is 20.2 Å². The van der Waals surface area contributed by atoms with E-state index in [-0.39, 0.29) is 12.0 Å². The van der Waals surface area contributed by atoms with Crippen molar-refractivity contribution in [1.82, 2.24) is 4.90 Å². The molecule has 20 heavy (non-hydrogen) atoms. The van der Waals surface area contributed by atoms with Gasteiger partial charge in [0.25, 0.3) is 0 Å². The van der Waals surface area contributed by atoms with Crippen LogP contribution in [0.2, 0.25) is 0 Å². The standard InChI is InChI=1S/C16H23NO3/c1-3-13-4-6-14(7-5-13)20-11-9-16(18)17-10-8-15(12-17)19-2/h4-7,15H,3,8-12H2,1-2H3. The maximum absolute atomic E-state index is 12.0. The predicted octanol–water partition coefficient (Wildman–Crippen LogP) is 2.27. The highest BCUT2D eigenvalue weighted by atomic mass is 16.5. The molecular weight excluding hydrogens is 254 g/mol. The number of methoxy groups -OCH3 is 1. The molecule has 1 atom stereocenters. The van der Waals surface area contributed by atoms with E-state index in [4.69, 9.17) is 9.47 Å². The summed E-state index contributed by atoms with van der Waals surface area (Å²) in [6.07, 6.45) is 2.57. The van der Waals surface area contributed by atoms with Crippen LogP contribution in [-0.4, -0.2) is 43.7 Å². The molecule has 0 saturated carbocycles. The Morgan fingerprint density at radius 1 is 1.35 bits per heavy atom. The van der Waals surface area contributed by atoms with Gasteiger partial charge in [-0.15, -0.1) is 0 Å². The molecule has 1 saturated heterocycles.